The molecule has 0 spiro atoms. The average Bonchev–Trinajstić information content (AvgIpc) is 2.32. The van der Waals surface area contributed by atoms with Crippen LogP contribution >= 0.6 is 11.6 Å². The molecule has 92 valence electrons. The van der Waals surface area contributed by atoms with E-state index in [9.17, 15) is 4.79 Å². The molecule has 1 saturated heterocycles. The number of rotatable bonds is 2. The Bertz CT molecular complexity index is 429. The molecule has 0 aromatic carbocycles. The van der Waals surface area contributed by atoms with Gasteiger partial charge in [-0.1, -0.05) is 0 Å². The van der Waals surface area contributed by atoms with Gasteiger partial charge in [-0.05, 0) is 31.4 Å². The molecule has 1 fully saturated rings. The van der Waals surface area contributed by atoms with Crippen molar-refractivity contribution in [2.24, 2.45) is 11.7 Å². The molecule has 5 nitrogen and oxygen atoms in total. The van der Waals surface area contributed by atoms with Gasteiger partial charge in [0.2, 0.25) is 11.2 Å². The molecule has 1 aliphatic heterocycles. The molecule has 1 aromatic rings. The summed E-state index contributed by atoms with van der Waals surface area (Å²) in [6.07, 6.45) is 3.26. The van der Waals surface area contributed by atoms with Crippen molar-refractivity contribution in [3.8, 4) is 0 Å². The first kappa shape index (κ1) is 12.1. The molecule has 2 rings (SSSR count). The predicted molar refractivity (Wildman–Crippen MR) is 65.9 cm³/mol. The van der Waals surface area contributed by atoms with Crippen molar-refractivity contribution in [1.29, 1.82) is 0 Å². The number of aromatic nitrogens is 2. The van der Waals surface area contributed by atoms with Gasteiger partial charge in [-0.3, -0.25) is 4.79 Å². The SMILES string of the molecule is Cc1cnc(Cl)nc1N1CCC(C(N)=O)CC1. The summed E-state index contributed by atoms with van der Waals surface area (Å²) in [5.74, 6) is 0.638. The summed E-state index contributed by atoms with van der Waals surface area (Å²) in [6.45, 7) is 3.51. The second-order valence-electron chi connectivity index (χ2n) is 4.31. The first-order valence-corrected chi connectivity index (χ1v) is 5.99. The molecule has 0 aliphatic carbocycles. The summed E-state index contributed by atoms with van der Waals surface area (Å²) in [5.41, 5.74) is 6.29. The van der Waals surface area contributed by atoms with Gasteiger partial charge in [-0.15, -0.1) is 0 Å². The molecule has 0 unspecified atom stereocenters. The topological polar surface area (TPSA) is 72.1 Å². The lowest BCUT2D eigenvalue weighted by atomic mass is 9.96. The minimum absolute atomic E-state index is 0.0103. The maximum Gasteiger partial charge on any atom is 0.224 e. The summed E-state index contributed by atoms with van der Waals surface area (Å²) in [4.78, 5) is 21.4. The van der Waals surface area contributed by atoms with Crippen LogP contribution in [0.5, 0.6) is 0 Å². The van der Waals surface area contributed by atoms with Crippen molar-refractivity contribution in [2.75, 3.05) is 18.0 Å². The number of aryl methyl sites for hydroxylation is 1. The fraction of sp³-hybridized carbons (Fsp3) is 0.545. The van der Waals surface area contributed by atoms with Gasteiger partial charge >= 0.3 is 0 Å². The zero-order chi connectivity index (χ0) is 12.4. The van der Waals surface area contributed by atoms with E-state index in [0.29, 0.717) is 0 Å². The van der Waals surface area contributed by atoms with Crippen LogP contribution in [-0.2, 0) is 4.79 Å². The first-order valence-electron chi connectivity index (χ1n) is 5.61. The van der Waals surface area contributed by atoms with Crippen molar-refractivity contribution in [2.45, 2.75) is 19.8 Å². The lowest BCUT2D eigenvalue weighted by Crippen LogP contribution is -2.39. The first-order chi connectivity index (χ1) is 8.08. The van der Waals surface area contributed by atoms with Crippen molar-refractivity contribution < 1.29 is 4.79 Å². The van der Waals surface area contributed by atoms with Crippen LogP contribution in [0.3, 0.4) is 0 Å². The maximum atomic E-state index is 11.1. The molecule has 2 N–H and O–H groups in total. The molecule has 1 aliphatic rings. The minimum Gasteiger partial charge on any atom is -0.369 e. The summed E-state index contributed by atoms with van der Waals surface area (Å²) >= 11 is 5.79. The van der Waals surface area contributed by atoms with Gasteiger partial charge in [0, 0.05) is 30.8 Å². The summed E-state index contributed by atoms with van der Waals surface area (Å²) in [5, 5.41) is 0.252. The van der Waals surface area contributed by atoms with E-state index >= 15 is 0 Å². The average molecular weight is 255 g/mol. The van der Waals surface area contributed by atoms with Gasteiger partial charge in [0.15, 0.2) is 0 Å². The van der Waals surface area contributed by atoms with Crippen LogP contribution in [0.15, 0.2) is 6.20 Å². The Balaban J connectivity index is 2.10. The van der Waals surface area contributed by atoms with Crippen LogP contribution in [0.25, 0.3) is 0 Å². The fourth-order valence-electron chi connectivity index (χ4n) is 2.11. The molecule has 0 atom stereocenters. The lowest BCUT2D eigenvalue weighted by molar-refractivity contribution is -0.122. The number of anilines is 1. The monoisotopic (exact) mass is 254 g/mol. The zero-order valence-electron chi connectivity index (χ0n) is 9.69. The van der Waals surface area contributed by atoms with E-state index in [1.807, 2.05) is 6.92 Å². The molecule has 0 bridgehead atoms. The van der Waals surface area contributed by atoms with E-state index in [1.54, 1.807) is 6.20 Å². The van der Waals surface area contributed by atoms with Crippen LogP contribution in [0.2, 0.25) is 5.28 Å². The van der Waals surface area contributed by atoms with E-state index in [0.717, 1.165) is 37.3 Å². The van der Waals surface area contributed by atoms with Gasteiger partial charge < -0.3 is 10.6 Å². The number of halogens is 1. The number of primary amides is 1. The van der Waals surface area contributed by atoms with Crippen molar-refractivity contribution in [3.63, 3.8) is 0 Å². The van der Waals surface area contributed by atoms with Crippen molar-refractivity contribution in [1.82, 2.24) is 9.97 Å². The van der Waals surface area contributed by atoms with Crippen LogP contribution in [-0.4, -0.2) is 29.0 Å². The molecular formula is C11H15ClN4O. The number of nitrogens with two attached hydrogens (primary N) is 1. The van der Waals surface area contributed by atoms with Crippen molar-refractivity contribution in [3.05, 3.63) is 17.0 Å². The normalized spacial score (nSPS) is 17.2. The third-order valence-corrected chi connectivity index (χ3v) is 3.29. The number of hydrogen-bond acceptors (Lipinski definition) is 4. The second kappa shape index (κ2) is 4.87. The maximum absolute atomic E-state index is 11.1. The van der Waals surface area contributed by atoms with E-state index < -0.39 is 0 Å². The van der Waals surface area contributed by atoms with Crippen molar-refractivity contribution >= 4 is 23.3 Å². The fourth-order valence-corrected chi connectivity index (χ4v) is 2.24. The van der Waals surface area contributed by atoms with Crippen LogP contribution < -0.4 is 10.6 Å². The molecule has 6 heteroatoms. The molecule has 0 radical (unpaired) electrons. The lowest BCUT2D eigenvalue weighted by Gasteiger charge is -2.32. The number of nitrogens with zero attached hydrogens (tertiary/aromatic N) is 3. The minimum atomic E-state index is -0.206. The van der Waals surface area contributed by atoms with E-state index in [1.165, 1.54) is 0 Å². The Morgan fingerprint density at radius 1 is 1.53 bits per heavy atom. The Morgan fingerprint density at radius 3 is 2.76 bits per heavy atom. The van der Waals surface area contributed by atoms with Crippen LogP contribution in [0.1, 0.15) is 18.4 Å². The Hall–Kier alpha value is -1.36. The molecule has 0 saturated carbocycles. The summed E-state index contributed by atoms with van der Waals surface area (Å²) < 4.78 is 0. The number of amides is 1. The van der Waals surface area contributed by atoms with E-state index in [-0.39, 0.29) is 17.1 Å². The van der Waals surface area contributed by atoms with Gasteiger partial charge in [0.1, 0.15) is 5.82 Å². The summed E-state index contributed by atoms with van der Waals surface area (Å²) in [6, 6.07) is 0. The highest BCUT2D eigenvalue weighted by atomic mass is 35.5. The van der Waals surface area contributed by atoms with Gasteiger partial charge in [0.05, 0.1) is 0 Å². The number of piperidine rings is 1. The zero-order valence-corrected chi connectivity index (χ0v) is 10.4. The van der Waals surface area contributed by atoms with E-state index in [4.69, 9.17) is 17.3 Å². The number of carbonyl (C=O) groups excluding carboxylic acids is 1. The van der Waals surface area contributed by atoms with Crippen LogP contribution in [0, 0.1) is 12.8 Å². The second-order valence-corrected chi connectivity index (χ2v) is 4.65. The number of hydrogen-bond donors (Lipinski definition) is 1. The van der Waals surface area contributed by atoms with E-state index in [2.05, 4.69) is 14.9 Å². The Labute approximate surface area is 105 Å². The standard InChI is InChI=1S/C11H15ClN4O/c1-7-6-14-11(12)15-10(7)16-4-2-8(3-5-16)9(13)17/h6,8H,2-5H2,1H3,(H2,13,17). The quantitative estimate of drug-likeness (QED) is 0.804. The largest absolute Gasteiger partial charge is 0.369 e. The highest BCUT2D eigenvalue weighted by Gasteiger charge is 2.24. The Morgan fingerprint density at radius 2 is 2.18 bits per heavy atom. The smallest absolute Gasteiger partial charge is 0.224 e. The Kier molecular flexibility index (Phi) is 3.47. The molecular weight excluding hydrogens is 240 g/mol. The predicted octanol–water partition coefficient (Wildman–Crippen LogP) is 1.14. The number of carbonyl (C=O) groups is 1. The molecule has 17 heavy (non-hydrogen) atoms. The highest BCUT2D eigenvalue weighted by Crippen LogP contribution is 2.24. The third kappa shape index (κ3) is 2.66. The molecule has 1 amide bonds. The van der Waals surface area contributed by atoms with Gasteiger partial charge in [-0.25, -0.2) is 9.97 Å². The highest BCUT2D eigenvalue weighted by molar-refractivity contribution is 6.28. The summed E-state index contributed by atoms with van der Waals surface area (Å²) in [7, 11) is 0. The third-order valence-electron chi connectivity index (χ3n) is 3.11. The van der Waals surface area contributed by atoms with Gasteiger partial charge in [-0.2, -0.15) is 0 Å². The molecule has 2 heterocycles. The van der Waals surface area contributed by atoms with Crippen LogP contribution in [0.4, 0.5) is 5.82 Å². The van der Waals surface area contributed by atoms with Gasteiger partial charge in [0.25, 0.3) is 0 Å². The molecule has 1 aromatic heterocycles.